The number of hydrogen-bond donors (Lipinski definition) is 1. The second kappa shape index (κ2) is 8.49. The summed E-state index contributed by atoms with van der Waals surface area (Å²) in [6.07, 6.45) is -0.981. The largest absolute Gasteiger partial charge is 0.449 e. The molecule has 1 heterocycles. The van der Waals surface area contributed by atoms with E-state index in [1.807, 2.05) is 32.9 Å². The summed E-state index contributed by atoms with van der Waals surface area (Å²) in [7, 11) is 0. The Balaban J connectivity index is 1.79. The van der Waals surface area contributed by atoms with E-state index in [0.717, 1.165) is 10.5 Å². The zero-order valence-corrected chi connectivity index (χ0v) is 17.4. The second-order valence-corrected chi connectivity index (χ2v) is 7.68. The fraction of sp³-hybridized carbons (Fsp3) is 0.304. The summed E-state index contributed by atoms with van der Waals surface area (Å²) in [4.78, 5) is 51.3. The Labute approximate surface area is 175 Å². The molecule has 3 amide bonds. The molecule has 0 saturated carbocycles. The molecule has 0 fully saturated rings. The molecular formula is C23H24N2O5. The molecule has 0 saturated heterocycles. The first-order valence-electron chi connectivity index (χ1n) is 9.78. The summed E-state index contributed by atoms with van der Waals surface area (Å²) in [6.45, 7) is 7.69. The summed E-state index contributed by atoms with van der Waals surface area (Å²) in [5.41, 5.74) is 1.75. The number of hydrogen-bond acceptors (Lipinski definition) is 5. The normalized spacial score (nSPS) is 14.0. The lowest BCUT2D eigenvalue weighted by atomic mass is 10.1. The molecule has 0 spiro atoms. The molecule has 2 aromatic carbocycles. The van der Waals surface area contributed by atoms with E-state index >= 15 is 0 Å². The van der Waals surface area contributed by atoms with Gasteiger partial charge < -0.3 is 10.1 Å². The van der Waals surface area contributed by atoms with Crippen molar-refractivity contribution in [1.82, 2.24) is 5.32 Å². The van der Waals surface area contributed by atoms with Crippen LogP contribution in [0, 0.1) is 12.8 Å². The van der Waals surface area contributed by atoms with Gasteiger partial charge in [-0.05, 0) is 49.6 Å². The summed E-state index contributed by atoms with van der Waals surface area (Å²) >= 11 is 0. The molecule has 1 N–H and O–H groups in total. The molecule has 7 nitrogen and oxygen atoms in total. The van der Waals surface area contributed by atoms with Crippen LogP contribution in [-0.2, 0) is 9.53 Å². The molecule has 0 aliphatic carbocycles. The Morgan fingerprint density at radius 2 is 1.67 bits per heavy atom. The number of ether oxygens (including phenoxy) is 1. The van der Waals surface area contributed by atoms with Gasteiger partial charge in [-0.1, -0.05) is 32.0 Å². The van der Waals surface area contributed by atoms with Crippen molar-refractivity contribution in [2.45, 2.75) is 33.8 Å². The third-order valence-electron chi connectivity index (χ3n) is 4.82. The lowest BCUT2D eigenvalue weighted by molar-refractivity contribution is -0.129. The van der Waals surface area contributed by atoms with E-state index in [2.05, 4.69) is 5.32 Å². The number of aryl methyl sites for hydroxylation is 1. The van der Waals surface area contributed by atoms with E-state index in [9.17, 15) is 19.2 Å². The molecule has 3 rings (SSSR count). The third kappa shape index (κ3) is 4.10. The fourth-order valence-corrected chi connectivity index (χ4v) is 3.13. The molecule has 7 heteroatoms. The van der Waals surface area contributed by atoms with E-state index < -0.39 is 29.8 Å². The lowest BCUT2D eigenvalue weighted by Gasteiger charge is -2.16. The van der Waals surface area contributed by atoms with Crippen molar-refractivity contribution >= 4 is 29.4 Å². The molecule has 30 heavy (non-hydrogen) atoms. The highest BCUT2D eigenvalue weighted by Crippen LogP contribution is 2.31. The number of imide groups is 1. The van der Waals surface area contributed by atoms with Crippen molar-refractivity contribution < 1.29 is 23.9 Å². The van der Waals surface area contributed by atoms with Gasteiger partial charge in [0.2, 0.25) is 0 Å². The minimum absolute atomic E-state index is 0.102. The Kier molecular flexibility index (Phi) is 6.01. The average Bonchev–Trinajstić information content (AvgIpc) is 2.96. The number of amides is 3. The molecule has 0 radical (unpaired) electrons. The monoisotopic (exact) mass is 408 g/mol. The van der Waals surface area contributed by atoms with Gasteiger partial charge in [-0.25, -0.2) is 9.69 Å². The van der Waals surface area contributed by atoms with E-state index in [1.54, 1.807) is 12.1 Å². The Bertz CT molecular complexity index is 1030. The van der Waals surface area contributed by atoms with Gasteiger partial charge in [0.05, 0.1) is 22.4 Å². The van der Waals surface area contributed by atoms with Crippen LogP contribution in [0.2, 0.25) is 0 Å². The van der Waals surface area contributed by atoms with E-state index in [4.69, 9.17) is 4.74 Å². The lowest BCUT2D eigenvalue weighted by Crippen LogP contribution is -2.37. The van der Waals surface area contributed by atoms with Gasteiger partial charge in [0.15, 0.2) is 6.10 Å². The number of nitrogens with zero attached hydrogens (tertiary/aromatic N) is 1. The zero-order chi connectivity index (χ0) is 22.0. The quantitative estimate of drug-likeness (QED) is 0.586. The average molecular weight is 408 g/mol. The van der Waals surface area contributed by atoms with Crippen molar-refractivity contribution in [3.8, 4) is 0 Å². The van der Waals surface area contributed by atoms with Crippen molar-refractivity contribution in [3.05, 3.63) is 64.7 Å². The summed E-state index contributed by atoms with van der Waals surface area (Å²) in [5.74, 6) is -1.80. The van der Waals surface area contributed by atoms with Gasteiger partial charge in [-0.2, -0.15) is 0 Å². The van der Waals surface area contributed by atoms with Gasteiger partial charge in [-0.3, -0.25) is 14.4 Å². The second-order valence-electron chi connectivity index (χ2n) is 7.68. The number of rotatable bonds is 6. The van der Waals surface area contributed by atoms with Crippen molar-refractivity contribution in [1.29, 1.82) is 0 Å². The Morgan fingerprint density at radius 1 is 1.00 bits per heavy atom. The molecule has 2 aromatic rings. The summed E-state index contributed by atoms with van der Waals surface area (Å²) in [6, 6.07) is 11.3. The van der Waals surface area contributed by atoms with E-state index in [0.29, 0.717) is 12.2 Å². The smallest absolute Gasteiger partial charge is 0.338 e. The van der Waals surface area contributed by atoms with E-state index in [1.165, 1.54) is 25.1 Å². The van der Waals surface area contributed by atoms with Crippen LogP contribution in [0.25, 0.3) is 0 Å². The topological polar surface area (TPSA) is 92.8 Å². The highest BCUT2D eigenvalue weighted by atomic mass is 16.5. The van der Waals surface area contributed by atoms with Crippen LogP contribution in [0.5, 0.6) is 0 Å². The number of carbonyl (C=O) groups is 4. The number of esters is 1. The molecule has 1 aliphatic heterocycles. The number of carbonyl (C=O) groups excluding carboxylic acids is 4. The molecule has 0 aromatic heterocycles. The maximum absolute atomic E-state index is 12.9. The number of para-hydroxylation sites is 1. The van der Waals surface area contributed by atoms with Crippen LogP contribution >= 0.6 is 0 Å². The zero-order valence-electron chi connectivity index (χ0n) is 17.4. The minimum Gasteiger partial charge on any atom is -0.449 e. The molecule has 1 aliphatic rings. The first-order valence-corrected chi connectivity index (χ1v) is 9.78. The molecule has 0 unspecified atom stereocenters. The number of benzene rings is 2. The minimum atomic E-state index is -0.981. The molecular weight excluding hydrogens is 384 g/mol. The van der Waals surface area contributed by atoms with Gasteiger partial charge in [0.1, 0.15) is 0 Å². The molecule has 1 atom stereocenters. The number of anilines is 1. The van der Waals surface area contributed by atoms with Gasteiger partial charge in [-0.15, -0.1) is 0 Å². The Hall–Kier alpha value is -3.48. The first-order chi connectivity index (χ1) is 14.2. The predicted molar refractivity (Wildman–Crippen MR) is 111 cm³/mol. The van der Waals surface area contributed by atoms with Crippen molar-refractivity contribution in [2.24, 2.45) is 5.92 Å². The van der Waals surface area contributed by atoms with Crippen LogP contribution in [0.3, 0.4) is 0 Å². The third-order valence-corrected chi connectivity index (χ3v) is 4.82. The fourth-order valence-electron chi connectivity index (χ4n) is 3.13. The Morgan fingerprint density at radius 3 is 2.33 bits per heavy atom. The van der Waals surface area contributed by atoms with Crippen LogP contribution in [0.1, 0.15) is 57.4 Å². The SMILES string of the molecule is Cc1ccccc1N1C(=O)c2ccc(C(=O)O[C@@H](C)C(=O)NCC(C)C)cc2C1=O. The van der Waals surface area contributed by atoms with Gasteiger partial charge >= 0.3 is 5.97 Å². The number of nitrogens with one attached hydrogen (secondary N) is 1. The number of fused-ring (bicyclic) bond motifs is 1. The van der Waals surface area contributed by atoms with Crippen LogP contribution in [-0.4, -0.2) is 36.3 Å². The van der Waals surface area contributed by atoms with Crippen LogP contribution < -0.4 is 10.2 Å². The highest BCUT2D eigenvalue weighted by molar-refractivity contribution is 6.34. The van der Waals surface area contributed by atoms with Crippen molar-refractivity contribution in [3.63, 3.8) is 0 Å². The summed E-state index contributed by atoms with van der Waals surface area (Å²) in [5, 5.41) is 2.70. The predicted octanol–water partition coefficient (Wildman–Crippen LogP) is 3.11. The van der Waals surface area contributed by atoms with Gasteiger partial charge in [0, 0.05) is 6.54 Å². The molecule has 156 valence electrons. The first kappa shape index (κ1) is 21.2. The van der Waals surface area contributed by atoms with Gasteiger partial charge in [0.25, 0.3) is 17.7 Å². The highest BCUT2D eigenvalue weighted by Gasteiger charge is 2.38. The molecule has 0 bridgehead atoms. The van der Waals surface area contributed by atoms with Crippen LogP contribution in [0.4, 0.5) is 5.69 Å². The summed E-state index contributed by atoms with van der Waals surface area (Å²) < 4.78 is 5.22. The van der Waals surface area contributed by atoms with Crippen molar-refractivity contribution in [2.75, 3.05) is 11.4 Å². The standard InChI is InChI=1S/C23H24N2O5/c1-13(2)12-24-20(26)15(4)30-23(29)16-9-10-17-18(11-16)22(28)25(21(17)27)19-8-6-5-7-14(19)3/h5-11,13,15H,12H2,1-4H3,(H,24,26)/t15-/m0/s1. The maximum Gasteiger partial charge on any atom is 0.338 e. The van der Waals surface area contributed by atoms with Crippen LogP contribution in [0.15, 0.2) is 42.5 Å². The van der Waals surface area contributed by atoms with E-state index in [-0.39, 0.29) is 22.6 Å². The maximum atomic E-state index is 12.9.